The first kappa shape index (κ1) is 27.3. The van der Waals surface area contributed by atoms with E-state index in [0.29, 0.717) is 5.75 Å². The summed E-state index contributed by atoms with van der Waals surface area (Å²) in [6.07, 6.45) is -0.257. The number of amides is 2. The van der Waals surface area contributed by atoms with Crippen molar-refractivity contribution >= 4 is 64.5 Å². The Morgan fingerprint density at radius 3 is 2.41 bits per heavy atom. The number of carbonyl (C=O) groups is 5. The third-order valence-electron chi connectivity index (χ3n) is 3.13. The Hall–Kier alpha value is -1.72. The second kappa shape index (κ2) is 15.2. The van der Waals surface area contributed by atoms with Gasteiger partial charge < -0.3 is 30.3 Å². The van der Waals surface area contributed by atoms with Gasteiger partial charge >= 0.3 is 32.3 Å². The van der Waals surface area contributed by atoms with E-state index in [1.165, 1.54) is 28.5 Å². The first-order valence-electron chi connectivity index (χ1n) is 8.38. The largest absolute Gasteiger partial charge is 0.553 e. The van der Waals surface area contributed by atoms with Crippen LogP contribution in [0.1, 0.15) is 19.8 Å². The first-order chi connectivity index (χ1) is 13.5. The quantitative estimate of drug-likeness (QED) is 0.0703. The van der Waals surface area contributed by atoms with Crippen LogP contribution in [0.3, 0.4) is 0 Å². The van der Waals surface area contributed by atoms with Crippen molar-refractivity contribution in [1.82, 2.24) is 9.62 Å². The fourth-order valence-corrected chi connectivity index (χ4v) is 7.41. The molecule has 0 saturated carbocycles. The van der Waals surface area contributed by atoms with E-state index in [2.05, 4.69) is 16.2 Å². The monoisotopic (exact) mass is 465 g/mol. The highest BCUT2D eigenvalue weighted by molar-refractivity contribution is 8.77. The van der Waals surface area contributed by atoms with E-state index < -0.39 is 55.5 Å². The number of hydrogen-bond acceptors (Lipinski definition) is 9. The van der Waals surface area contributed by atoms with E-state index in [-0.39, 0.29) is 29.6 Å². The van der Waals surface area contributed by atoms with Gasteiger partial charge in [-0.1, -0.05) is 17.4 Å². The zero-order valence-electron chi connectivity index (χ0n) is 15.8. The highest BCUT2D eigenvalue weighted by Gasteiger charge is 2.32. The number of carboxylic acids is 2. The van der Waals surface area contributed by atoms with Gasteiger partial charge in [-0.3, -0.25) is 19.2 Å². The Morgan fingerprint density at radius 1 is 1.21 bits per heavy atom. The second-order valence-corrected chi connectivity index (χ2v) is 11.3. The molecule has 0 aromatic carbocycles. The summed E-state index contributed by atoms with van der Waals surface area (Å²) < 4.78 is 7.20. The topological polar surface area (TPSA) is 185 Å². The van der Waals surface area contributed by atoms with Crippen molar-refractivity contribution in [2.75, 3.05) is 23.5 Å². The van der Waals surface area contributed by atoms with Gasteiger partial charge in [-0.25, -0.2) is 4.79 Å². The zero-order chi connectivity index (χ0) is 22.4. The smallest absolute Gasteiger partial charge is 0.480 e. The van der Waals surface area contributed by atoms with Gasteiger partial charge in [-0.2, -0.15) is 0 Å². The van der Waals surface area contributed by atoms with Gasteiger partial charge in [0.25, 0.3) is 0 Å². The summed E-state index contributed by atoms with van der Waals surface area (Å²) in [7, 11) is 2.60. The van der Waals surface area contributed by atoms with Crippen LogP contribution in [0, 0.1) is 0 Å². The van der Waals surface area contributed by atoms with E-state index in [4.69, 9.17) is 20.7 Å². The van der Waals surface area contributed by atoms with Crippen LogP contribution in [0.25, 0.3) is 0 Å². The second-order valence-electron chi connectivity index (χ2n) is 5.74. The standard InChI is InChI=1S/C7H11O2S2.C5H10N2O3.C3H4NO3.Al/c1-6(2)7(8)9-4-5-11-10-3;6-3(5(9)10)1-2-4(7)8;5-2-4-1-3(6)7;/h1,3-5H2,2H3;3H,1-2,6H2,(H3,7,8,9,10);1H2,(H,4,5)(H,6,7);/q;;;+1/p-1/t;3-;;/m.0../s1. The summed E-state index contributed by atoms with van der Waals surface area (Å²) in [5.41, 5.74) is 5.63. The molecule has 0 aromatic heterocycles. The molecular weight excluding hydrogens is 441 g/mol. The molecule has 0 bridgehead atoms. The molecule has 29 heavy (non-hydrogen) atoms. The molecule has 0 unspecified atom stereocenters. The summed E-state index contributed by atoms with van der Waals surface area (Å²) >= 11 is -2.60. The molecule has 0 saturated heterocycles. The van der Waals surface area contributed by atoms with Gasteiger partial charge in [0.1, 0.15) is 19.2 Å². The number of ether oxygens (including phenoxy) is 1. The Balaban J connectivity index is 4.49. The maximum atomic E-state index is 12.2. The predicted octanol–water partition coefficient (Wildman–Crippen LogP) is -0.298. The highest BCUT2D eigenvalue weighted by atomic mass is 33.1. The number of rotatable bonds is 15. The normalized spacial score (nSPS) is 11.1. The average molecular weight is 465 g/mol. The molecule has 1 atom stereocenters. The molecule has 0 aliphatic heterocycles. The van der Waals surface area contributed by atoms with Crippen molar-refractivity contribution in [3.05, 3.63) is 12.2 Å². The first-order valence-corrected chi connectivity index (χ1v) is 12.8. The van der Waals surface area contributed by atoms with Crippen LogP contribution in [-0.2, 0) is 23.9 Å². The van der Waals surface area contributed by atoms with Crippen LogP contribution < -0.4 is 15.4 Å². The van der Waals surface area contributed by atoms with Crippen molar-refractivity contribution in [3.8, 4) is 0 Å². The summed E-state index contributed by atoms with van der Waals surface area (Å²) in [4.78, 5) is 56.7. The van der Waals surface area contributed by atoms with E-state index >= 15 is 0 Å². The number of esters is 1. The average Bonchev–Trinajstić information content (AvgIpc) is 2.65. The molecule has 0 rings (SSSR count). The maximum absolute atomic E-state index is 12.2. The number of nitrogens with one attached hydrogen (secondary N) is 2. The molecule has 0 aliphatic rings. The third-order valence-corrected chi connectivity index (χ3v) is 9.24. The lowest BCUT2D eigenvalue weighted by Crippen LogP contribution is -2.53. The molecule has 0 spiro atoms. The summed E-state index contributed by atoms with van der Waals surface area (Å²) in [5, 5.41) is 19.6. The fourth-order valence-electron chi connectivity index (χ4n) is 1.61. The molecular formula is C15H24AlN3O8S2. The Labute approximate surface area is 180 Å². The van der Waals surface area contributed by atoms with Crippen molar-refractivity contribution in [3.63, 3.8) is 0 Å². The molecule has 0 radical (unpaired) electrons. The number of carboxylic acid groups (broad SMARTS) is 2. The Bertz CT molecular complexity index is 635. The van der Waals surface area contributed by atoms with Gasteiger partial charge in [0.15, 0.2) is 10.7 Å². The molecule has 0 aliphatic carbocycles. The van der Waals surface area contributed by atoms with Crippen LogP contribution in [0.15, 0.2) is 12.2 Å². The molecule has 162 valence electrons. The van der Waals surface area contributed by atoms with Crippen LogP contribution >= 0.6 is 21.6 Å². The van der Waals surface area contributed by atoms with Crippen molar-refractivity contribution in [2.45, 2.75) is 25.8 Å². The lowest BCUT2D eigenvalue weighted by Gasteiger charge is -2.13. The van der Waals surface area contributed by atoms with E-state index in [0.717, 1.165) is 0 Å². The third kappa shape index (κ3) is 14.0. The van der Waals surface area contributed by atoms with Gasteiger partial charge in [0.2, 0.25) is 0 Å². The summed E-state index contributed by atoms with van der Waals surface area (Å²) in [6, 6.07) is -1.19. The van der Waals surface area contributed by atoms with Crippen molar-refractivity contribution < 1.29 is 38.9 Å². The number of carbonyl (C=O) groups excluding carboxylic acids is 3. The SMILES string of the molecule is C=C(C)C(=O)OCCSS[CH2][Al]([NH]C(=O)CC[C@H](N)C(=O)O)[C](=O)NCC(=O)O. The number of nitrogens with two attached hydrogens (primary N) is 1. The van der Waals surface area contributed by atoms with Gasteiger partial charge in [-0.05, 0) is 18.0 Å². The van der Waals surface area contributed by atoms with Gasteiger partial charge in [0.05, 0.1) is 0 Å². The van der Waals surface area contributed by atoms with E-state index in [1.54, 1.807) is 0 Å². The molecule has 0 heterocycles. The highest BCUT2D eigenvalue weighted by Crippen LogP contribution is 2.21. The number of hydrogen-bond donors (Lipinski definition) is 5. The molecule has 11 nitrogen and oxygen atoms in total. The summed E-state index contributed by atoms with van der Waals surface area (Å²) in [6.45, 7) is 4.57. The minimum Gasteiger partial charge on any atom is -0.480 e. The minimum atomic E-state index is -2.60. The Kier molecular flexibility index (Phi) is 14.3. The fraction of sp³-hybridized carbons (Fsp3) is 0.533. The zero-order valence-corrected chi connectivity index (χ0v) is 18.6. The van der Waals surface area contributed by atoms with Crippen molar-refractivity contribution in [2.24, 2.45) is 5.73 Å². The van der Waals surface area contributed by atoms with Gasteiger partial charge in [0, 0.05) is 17.7 Å². The molecule has 0 aromatic rings. The molecule has 2 amide bonds. The Morgan fingerprint density at radius 2 is 1.86 bits per heavy atom. The van der Waals surface area contributed by atoms with Crippen molar-refractivity contribution in [1.29, 1.82) is 0 Å². The van der Waals surface area contributed by atoms with Gasteiger partial charge in [-0.15, -0.1) is 10.8 Å². The van der Waals surface area contributed by atoms with Crippen LogP contribution in [0.2, 0.25) is 0 Å². The van der Waals surface area contributed by atoms with E-state index in [1.807, 2.05) is 0 Å². The summed E-state index contributed by atoms with van der Waals surface area (Å²) in [5.74, 6) is -3.02. The molecule has 6 N–H and O–H groups in total. The number of aliphatic carboxylic acids is 2. The maximum Gasteiger partial charge on any atom is 0.553 e. The van der Waals surface area contributed by atoms with Crippen LogP contribution in [0.4, 0.5) is 4.79 Å². The van der Waals surface area contributed by atoms with E-state index in [9.17, 15) is 24.0 Å². The minimum absolute atomic E-state index is 0.0883. The molecule has 14 heteroatoms. The lowest BCUT2D eigenvalue weighted by molar-refractivity contribution is -0.139. The predicted molar refractivity (Wildman–Crippen MR) is 110 cm³/mol. The van der Waals surface area contributed by atoms with Crippen LogP contribution in [-0.4, -0.2) is 82.7 Å². The van der Waals surface area contributed by atoms with Crippen LogP contribution in [0.5, 0.6) is 0 Å². The molecule has 0 fully saturated rings. The lowest BCUT2D eigenvalue weighted by atomic mass is 10.2.